The zero-order valence-corrected chi connectivity index (χ0v) is 11.8. The zero-order chi connectivity index (χ0) is 12.8. The summed E-state index contributed by atoms with van der Waals surface area (Å²) in [4.78, 5) is 17.2. The molecule has 0 aromatic heterocycles. The summed E-state index contributed by atoms with van der Waals surface area (Å²) < 4.78 is 0. The van der Waals surface area contributed by atoms with Crippen LogP contribution in [0.5, 0.6) is 0 Å². The van der Waals surface area contributed by atoms with Crippen LogP contribution in [0.2, 0.25) is 10.0 Å². The van der Waals surface area contributed by atoms with Crippen LogP contribution < -0.4 is 5.48 Å². The van der Waals surface area contributed by atoms with Crippen LogP contribution in [0.1, 0.15) is 13.8 Å². The van der Waals surface area contributed by atoms with Crippen molar-refractivity contribution in [1.82, 2.24) is 5.48 Å². The fourth-order valence-corrected chi connectivity index (χ4v) is 2.44. The van der Waals surface area contributed by atoms with Crippen LogP contribution in [0.4, 0.5) is 0 Å². The first-order chi connectivity index (χ1) is 8.04. The van der Waals surface area contributed by atoms with Crippen LogP contribution in [-0.4, -0.2) is 17.8 Å². The molecule has 1 aromatic carbocycles. The van der Waals surface area contributed by atoms with Crippen molar-refractivity contribution < 1.29 is 9.63 Å². The van der Waals surface area contributed by atoms with Crippen molar-refractivity contribution >= 4 is 40.9 Å². The fourth-order valence-electron chi connectivity index (χ4n) is 1.04. The van der Waals surface area contributed by atoms with Crippen molar-refractivity contribution in [3.63, 3.8) is 0 Å². The summed E-state index contributed by atoms with van der Waals surface area (Å²) in [6.07, 6.45) is 0. The Morgan fingerprint density at radius 2 is 2.24 bits per heavy atom. The minimum absolute atomic E-state index is 0.201. The van der Waals surface area contributed by atoms with E-state index in [1.807, 2.05) is 0 Å². The van der Waals surface area contributed by atoms with Crippen molar-refractivity contribution in [1.29, 1.82) is 0 Å². The number of nitrogens with one attached hydrogen (secondary N) is 1. The molecule has 0 aliphatic carbocycles. The van der Waals surface area contributed by atoms with E-state index in [2.05, 4.69) is 5.48 Å². The Bertz CT molecular complexity index is 401. The first-order valence-corrected chi connectivity index (χ1v) is 6.71. The molecule has 0 saturated carbocycles. The second kappa shape index (κ2) is 7.11. The van der Waals surface area contributed by atoms with Gasteiger partial charge in [0.1, 0.15) is 0 Å². The normalized spacial score (nSPS) is 12.2. The third-order valence-corrected chi connectivity index (χ3v) is 3.72. The molecule has 0 saturated heterocycles. The van der Waals surface area contributed by atoms with Crippen LogP contribution in [-0.2, 0) is 9.63 Å². The Balaban J connectivity index is 2.64. The standard InChI is InChI=1S/C11H13Cl2NO2S/c1-3-16-14-11(15)7(2)17-10-6-8(12)4-5-9(10)13/h4-7H,3H2,1-2H3,(H,14,15)/t7-/m1/s1. The van der Waals surface area contributed by atoms with Crippen molar-refractivity contribution in [2.75, 3.05) is 6.61 Å². The molecule has 0 fully saturated rings. The predicted molar refractivity (Wildman–Crippen MR) is 71.5 cm³/mol. The molecule has 94 valence electrons. The smallest absolute Gasteiger partial charge is 0.256 e. The number of hydroxylamine groups is 1. The number of benzene rings is 1. The number of halogens is 2. The monoisotopic (exact) mass is 293 g/mol. The number of hydrogen-bond acceptors (Lipinski definition) is 3. The van der Waals surface area contributed by atoms with Gasteiger partial charge in [-0.15, -0.1) is 11.8 Å². The molecular weight excluding hydrogens is 281 g/mol. The molecule has 17 heavy (non-hydrogen) atoms. The molecule has 3 nitrogen and oxygen atoms in total. The lowest BCUT2D eigenvalue weighted by Crippen LogP contribution is -2.30. The Morgan fingerprint density at radius 1 is 1.53 bits per heavy atom. The molecule has 0 spiro atoms. The van der Waals surface area contributed by atoms with Gasteiger partial charge in [-0.1, -0.05) is 23.2 Å². The number of amides is 1. The van der Waals surface area contributed by atoms with E-state index < -0.39 is 0 Å². The summed E-state index contributed by atoms with van der Waals surface area (Å²) >= 11 is 13.2. The molecule has 0 aliphatic heterocycles. The molecule has 1 N–H and O–H groups in total. The lowest BCUT2D eigenvalue weighted by Gasteiger charge is -2.12. The van der Waals surface area contributed by atoms with Gasteiger partial charge >= 0.3 is 0 Å². The average molecular weight is 294 g/mol. The number of thioether (sulfide) groups is 1. The lowest BCUT2D eigenvalue weighted by molar-refractivity contribution is -0.132. The third-order valence-electron chi connectivity index (χ3n) is 1.88. The van der Waals surface area contributed by atoms with Crippen molar-refractivity contribution in [3.8, 4) is 0 Å². The Morgan fingerprint density at radius 3 is 2.88 bits per heavy atom. The maximum absolute atomic E-state index is 11.6. The van der Waals surface area contributed by atoms with Gasteiger partial charge in [0.2, 0.25) is 0 Å². The van der Waals surface area contributed by atoms with Crippen molar-refractivity contribution in [2.24, 2.45) is 0 Å². The highest BCUT2D eigenvalue weighted by Gasteiger charge is 2.16. The largest absolute Gasteiger partial charge is 0.274 e. The highest BCUT2D eigenvalue weighted by Crippen LogP contribution is 2.32. The van der Waals surface area contributed by atoms with Gasteiger partial charge in [0.25, 0.3) is 5.91 Å². The molecule has 1 aromatic rings. The molecule has 6 heteroatoms. The first-order valence-electron chi connectivity index (χ1n) is 5.08. The number of carbonyl (C=O) groups is 1. The molecule has 1 rings (SSSR count). The van der Waals surface area contributed by atoms with Gasteiger partial charge in [-0.05, 0) is 32.0 Å². The minimum Gasteiger partial charge on any atom is -0.274 e. The maximum atomic E-state index is 11.6. The van der Waals surface area contributed by atoms with E-state index in [9.17, 15) is 4.79 Å². The summed E-state index contributed by atoms with van der Waals surface area (Å²) in [5.74, 6) is -0.201. The van der Waals surface area contributed by atoms with Crippen molar-refractivity contribution in [3.05, 3.63) is 28.2 Å². The number of carbonyl (C=O) groups excluding carboxylic acids is 1. The van der Waals surface area contributed by atoms with E-state index in [1.54, 1.807) is 32.0 Å². The van der Waals surface area contributed by atoms with Gasteiger partial charge in [-0.25, -0.2) is 5.48 Å². The summed E-state index contributed by atoms with van der Waals surface area (Å²) in [5, 5.41) is 0.863. The molecule has 0 aliphatic rings. The molecule has 1 amide bonds. The SMILES string of the molecule is CCONC(=O)[C@@H](C)Sc1cc(Cl)ccc1Cl. The summed E-state index contributed by atoms with van der Waals surface area (Å²) in [6, 6.07) is 5.15. The fraction of sp³-hybridized carbons (Fsp3) is 0.364. The molecule has 0 bridgehead atoms. The van der Waals surface area contributed by atoms with Crippen LogP contribution in [0.15, 0.2) is 23.1 Å². The van der Waals surface area contributed by atoms with Gasteiger partial charge in [0.15, 0.2) is 0 Å². The van der Waals surface area contributed by atoms with E-state index in [0.717, 1.165) is 4.90 Å². The van der Waals surface area contributed by atoms with E-state index in [1.165, 1.54) is 11.8 Å². The van der Waals surface area contributed by atoms with Gasteiger partial charge < -0.3 is 0 Å². The van der Waals surface area contributed by atoms with E-state index >= 15 is 0 Å². The molecule has 0 radical (unpaired) electrons. The predicted octanol–water partition coefficient (Wildman–Crippen LogP) is 3.54. The summed E-state index contributed by atoms with van der Waals surface area (Å²) in [7, 11) is 0. The highest BCUT2D eigenvalue weighted by atomic mass is 35.5. The quantitative estimate of drug-likeness (QED) is 0.667. The Labute approximate surface area is 115 Å². The summed E-state index contributed by atoms with van der Waals surface area (Å²) in [6.45, 7) is 4.00. The van der Waals surface area contributed by atoms with Gasteiger partial charge in [-0.2, -0.15) is 0 Å². The molecular formula is C11H13Cl2NO2S. The second-order valence-corrected chi connectivity index (χ2v) is 5.46. The third kappa shape index (κ3) is 4.76. The lowest BCUT2D eigenvalue weighted by atomic mass is 10.4. The summed E-state index contributed by atoms with van der Waals surface area (Å²) in [5.41, 5.74) is 2.35. The first kappa shape index (κ1) is 14.6. The Hall–Kier alpha value is -0.420. The van der Waals surface area contributed by atoms with Crippen LogP contribution in [0.3, 0.4) is 0 Å². The van der Waals surface area contributed by atoms with Crippen LogP contribution >= 0.6 is 35.0 Å². The van der Waals surface area contributed by atoms with Gasteiger partial charge in [-0.3, -0.25) is 9.63 Å². The topological polar surface area (TPSA) is 38.3 Å². The molecule has 0 heterocycles. The van der Waals surface area contributed by atoms with E-state index in [-0.39, 0.29) is 11.2 Å². The average Bonchev–Trinajstić information content (AvgIpc) is 2.30. The molecule has 1 atom stereocenters. The van der Waals surface area contributed by atoms with Gasteiger partial charge in [0, 0.05) is 9.92 Å². The number of hydrogen-bond donors (Lipinski definition) is 1. The van der Waals surface area contributed by atoms with E-state index in [0.29, 0.717) is 16.7 Å². The second-order valence-electron chi connectivity index (χ2n) is 3.23. The Kier molecular flexibility index (Phi) is 6.12. The van der Waals surface area contributed by atoms with Crippen molar-refractivity contribution in [2.45, 2.75) is 24.0 Å². The maximum Gasteiger partial charge on any atom is 0.256 e. The highest BCUT2D eigenvalue weighted by molar-refractivity contribution is 8.00. The molecule has 0 unspecified atom stereocenters. The minimum atomic E-state index is -0.308. The van der Waals surface area contributed by atoms with Gasteiger partial charge in [0.05, 0.1) is 16.9 Å². The number of rotatable bonds is 5. The van der Waals surface area contributed by atoms with Crippen LogP contribution in [0.25, 0.3) is 0 Å². The van der Waals surface area contributed by atoms with Crippen LogP contribution in [0, 0.1) is 0 Å². The van der Waals surface area contributed by atoms with E-state index in [4.69, 9.17) is 28.0 Å². The zero-order valence-electron chi connectivity index (χ0n) is 9.50.